The highest BCUT2D eigenvalue weighted by molar-refractivity contribution is 7.13. The fraction of sp³-hybridized carbons (Fsp3) is 0.408. The second-order valence-corrected chi connectivity index (χ2v) is 18.5. The van der Waals surface area contributed by atoms with Crippen LogP contribution in [-0.2, 0) is 23.9 Å². The Balaban J connectivity index is 0.973. The van der Waals surface area contributed by atoms with Gasteiger partial charge in [-0.1, -0.05) is 87.5 Å². The van der Waals surface area contributed by atoms with E-state index >= 15 is 0 Å². The van der Waals surface area contributed by atoms with Crippen LogP contribution in [0.1, 0.15) is 75.7 Å². The number of amides is 4. The van der Waals surface area contributed by atoms with E-state index in [0.29, 0.717) is 23.6 Å². The van der Waals surface area contributed by atoms with E-state index in [2.05, 4.69) is 25.8 Å². The summed E-state index contributed by atoms with van der Waals surface area (Å²) in [5.74, 6) is -1.28. The minimum Gasteiger partial charge on any atom is -0.507 e. The number of β-amino-alcohol motifs (C(OH)–C–C–N with tert-alkyl or cyclic N) is 1. The van der Waals surface area contributed by atoms with Gasteiger partial charge in [0.2, 0.25) is 23.6 Å². The molecular weight excluding hydrogens is 861 g/mol. The van der Waals surface area contributed by atoms with Gasteiger partial charge in [0, 0.05) is 50.5 Å². The number of carbonyl (C=O) groups excluding carboxylic acids is 4. The van der Waals surface area contributed by atoms with E-state index in [-0.39, 0.29) is 81.0 Å². The standard InChI is InChI=1S/C49H60N8O8S/c1-30(32-16-18-34(19-17-32)44-31(2)51-29-66-44)52-47(62)39-24-36(58)27-57(39)48(63)45(49(3,4)5)53-42(60)20-22-64-23-21-43(61)56(6)26-35(33-12-8-7-9-13-33)28-65-41-25-38(54-55-46(41)50)37-14-10-11-15-40(37)59/h7-19,25,29-30,35-36,39,45,58-59H,20-24,26-28H2,1-6H3,(H2,50,55)(H,52,62)(H,53,60). The molecule has 5 unspecified atom stereocenters. The fourth-order valence-electron chi connectivity index (χ4n) is 7.79. The molecule has 17 heteroatoms. The molecule has 0 radical (unpaired) electrons. The molecule has 1 fully saturated rings. The van der Waals surface area contributed by atoms with Crippen LogP contribution in [0.3, 0.4) is 0 Å². The molecule has 350 valence electrons. The van der Waals surface area contributed by atoms with E-state index in [0.717, 1.165) is 27.3 Å². The summed E-state index contributed by atoms with van der Waals surface area (Å²) in [5, 5.41) is 35.0. The Bertz CT molecular complexity index is 2440. The van der Waals surface area contributed by atoms with Crippen molar-refractivity contribution in [1.82, 2.24) is 35.6 Å². The molecule has 16 nitrogen and oxygen atoms in total. The Hall–Kier alpha value is -6.43. The molecule has 0 spiro atoms. The summed E-state index contributed by atoms with van der Waals surface area (Å²) in [6, 6.07) is 23.6. The monoisotopic (exact) mass is 920 g/mol. The lowest BCUT2D eigenvalue weighted by Gasteiger charge is -2.35. The summed E-state index contributed by atoms with van der Waals surface area (Å²) in [6.45, 7) is 9.81. The molecular formula is C49H60N8O8S. The molecule has 1 saturated heterocycles. The molecule has 66 heavy (non-hydrogen) atoms. The van der Waals surface area contributed by atoms with Crippen LogP contribution in [0.5, 0.6) is 11.5 Å². The van der Waals surface area contributed by atoms with Crippen molar-refractivity contribution in [1.29, 1.82) is 0 Å². The molecule has 5 atom stereocenters. The Morgan fingerprint density at radius 2 is 1.65 bits per heavy atom. The zero-order valence-corrected chi connectivity index (χ0v) is 39.1. The van der Waals surface area contributed by atoms with Gasteiger partial charge < -0.3 is 45.9 Å². The maximum absolute atomic E-state index is 14.1. The number of nitrogen functional groups attached to an aromatic ring is 1. The molecule has 6 rings (SSSR count). The van der Waals surface area contributed by atoms with Crippen LogP contribution in [0, 0.1) is 12.3 Å². The minimum atomic E-state index is -0.992. The van der Waals surface area contributed by atoms with Crippen LogP contribution < -0.4 is 21.1 Å². The quantitative estimate of drug-likeness (QED) is 0.0635. The Morgan fingerprint density at radius 3 is 2.33 bits per heavy atom. The van der Waals surface area contributed by atoms with E-state index < -0.39 is 35.4 Å². The Kier molecular flexibility index (Phi) is 16.5. The third kappa shape index (κ3) is 12.7. The van der Waals surface area contributed by atoms with Gasteiger partial charge in [0.1, 0.15) is 23.5 Å². The van der Waals surface area contributed by atoms with Gasteiger partial charge in [0.15, 0.2) is 11.6 Å². The zero-order chi connectivity index (χ0) is 47.5. The summed E-state index contributed by atoms with van der Waals surface area (Å²) >= 11 is 1.56. The number of aromatic nitrogens is 3. The number of likely N-dealkylation sites (tertiary alicyclic amines) is 1. The van der Waals surface area contributed by atoms with E-state index in [1.807, 2.05) is 94.7 Å². The molecule has 1 aliphatic heterocycles. The summed E-state index contributed by atoms with van der Waals surface area (Å²) < 4.78 is 11.9. The number of phenols is 1. The number of aryl methyl sites for hydroxylation is 1. The summed E-state index contributed by atoms with van der Waals surface area (Å²) in [7, 11) is 1.70. The first kappa shape index (κ1) is 49.0. The number of aromatic hydroxyl groups is 1. The Labute approximate surface area is 389 Å². The number of para-hydroxylation sites is 1. The number of nitrogens with one attached hydrogen (secondary N) is 2. The number of ether oxygens (including phenoxy) is 2. The van der Waals surface area contributed by atoms with Crippen molar-refractivity contribution in [3.8, 4) is 33.2 Å². The van der Waals surface area contributed by atoms with Crippen LogP contribution in [-0.4, -0.2) is 117 Å². The average molecular weight is 921 g/mol. The lowest BCUT2D eigenvalue weighted by Crippen LogP contribution is -2.58. The van der Waals surface area contributed by atoms with E-state index in [9.17, 15) is 29.4 Å². The van der Waals surface area contributed by atoms with Crippen molar-refractivity contribution in [3.63, 3.8) is 0 Å². The largest absolute Gasteiger partial charge is 0.507 e. The number of hydrogen-bond donors (Lipinski definition) is 5. The summed E-state index contributed by atoms with van der Waals surface area (Å²) in [4.78, 5) is 62.7. The van der Waals surface area contributed by atoms with Gasteiger partial charge in [0.05, 0.1) is 54.5 Å². The molecule has 6 N–H and O–H groups in total. The normalized spacial score (nSPS) is 16.3. The lowest BCUT2D eigenvalue weighted by atomic mass is 9.85. The number of thiazole rings is 1. The average Bonchev–Trinajstić information content (AvgIpc) is 3.92. The minimum absolute atomic E-state index is 0.00858. The smallest absolute Gasteiger partial charge is 0.246 e. The number of aliphatic hydroxyl groups is 1. The van der Waals surface area contributed by atoms with E-state index in [1.165, 1.54) is 4.90 Å². The number of nitrogens with two attached hydrogens (primary N) is 1. The van der Waals surface area contributed by atoms with E-state index in [4.69, 9.17) is 15.2 Å². The molecule has 0 saturated carbocycles. The fourth-order valence-corrected chi connectivity index (χ4v) is 8.60. The van der Waals surface area contributed by atoms with Crippen molar-refractivity contribution >= 4 is 40.8 Å². The Morgan fingerprint density at radius 1 is 0.955 bits per heavy atom. The van der Waals surface area contributed by atoms with Gasteiger partial charge in [-0.15, -0.1) is 21.5 Å². The van der Waals surface area contributed by atoms with Crippen LogP contribution in [0.25, 0.3) is 21.7 Å². The highest BCUT2D eigenvalue weighted by atomic mass is 32.1. The van der Waals surface area contributed by atoms with Gasteiger partial charge in [0.25, 0.3) is 0 Å². The van der Waals surface area contributed by atoms with Crippen molar-refractivity contribution in [2.45, 2.75) is 84.0 Å². The van der Waals surface area contributed by atoms with Gasteiger partial charge in [-0.3, -0.25) is 19.2 Å². The van der Waals surface area contributed by atoms with Gasteiger partial charge in [-0.05, 0) is 48.1 Å². The number of phenolic OH excluding ortho intramolecular Hbond substituents is 1. The number of hydrogen-bond acceptors (Lipinski definition) is 13. The molecule has 3 heterocycles. The number of benzene rings is 3. The second kappa shape index (κ2) is 22.2. The van der Waals surface area contributed by atoms with Gasteiger partial charge >= 0.3 is 0 Å². The third-order valence-electron chi connectivity index (χ3n) is 11.6. The molecule has 3 aromatic carbocycles. The molecule has 2 aromatic heterocycles. The molecule has 4 amide bonds. The first-order valence-corrected chi connectivity index (χ1v) is 22.9. The maximum Gasteiger partial charge on any atom is 0.246 e. The summed E-state index contributed by atoms with van der Waals surface area (Å²) in [6.07, 6.45) is -0.837. The number of likely N-dealkylation sites (N-methyl/N-ethyl adjacent to an activating group) is 1. The first-order valence-electron chi connectivity index (χ1n) is 22.0. The van der Waals surface area contributed by atoms with Crippen LogP contribution in [0.4, 0.5) is 5.82 Å². The molecule has 0 aliphatic carbocycles. The molecule has 5 aromatic rings. The van der Waals surface area contributed by atoms with Crippen molar-refractivity contribution in [2.75, 3.05) is 45.7 Å². The number of anilines is 1. The predicted molar refractivity (Wildman–Crippen MR) is 252 cm³/mol. The molecule has 1 aliphatic rings. The number of rotatable bonds is 19. The number of aliphatic hydroxyl groups excluding tert-OH is 1. The first-order chi connectivity index (χ1) is 31.5. The van der Waals surface area contributed by atoms with Crippen LogP contribution in [0.15, 0.2) is 90.4 Å². The number of nitrogens with zero attached hydrogens (tertiary/aromatic N) is 5. The van der Waals surface area contributed by atoms with Crippen LogP contribution >= 0.6 is 11.3 Å². The van der Waals surface area contributed by atoms with Gasteiger partial charge in [-0.2, -0.15) is 0 Å². The topological polar surface area (TPSA) is 222 Å². The lowest BCUT2D eigenvalue weighted by molar-refractivity contribution is -0.144. The SMILES string of the molecule is Cc1ncsc1-c1ccc(C(C)NC(=O)C2CC(O)CN2C(=O)C(NC(=O)CCOCCC(=O)N(C)CC(COc2cc(-c3ccccc3O)nnc2N)c2ccccc2)C(C)(C)C)cc1. The van der Waals surface area contributed by atoms with E-state index in [1.54, 1.807) is 53.6 Å². The highest BCUT2D eigenvalue weighted by Gasteiger charge is 2.44. The maximum atomic E-state index is 14.1. The number of carbonyl (C=O) groups is 4. The summed E-state index contributed by atoms with van der Waals surface area (Å²) in [5.41, 5.74) is 11.9. The third-order valence-corrected chi connectivity index (χ3v) is 12.6. The van der Waals surface area contributed by atoms with Crippen LogP contribution in [0.2, 0.25) is 0 Å². The zero-order valence-electron chi connectivity index (χ0n) is 38.3. The van der Waals surface area contributed by atoms with Crippen molar-refractivity contribution in [3.05, 3.63) is 107 Å². The van der Waals surface area contributed by atoms with Crippen molar-refractivity contribution in [2.24, 2.45) is 5.41 Å². The predicted octanol–water partition coefficient (Wildman–Crippen LogP) is 5.65. The molecule has 0 bridgehead atoms. The van der Waals surface area contributed by atoms with Gasteiger partial charge in [-0.25, -0.2) is 4.98 Å². The van der Waals surface area contributed by atoms with Crippen molar-refractivity contribution < 1.29 is 38.9 Å². The highest BCUT2D eigenvalue weighted by Crippen LogP contribution is 2.33. The second-order valence-electron chi connectivity index (χ2n) is 17.7.